The van der Waals surface area contributed by atoms with Gasteiger partial charge >= 0.3 is 0 Å². The van der Waals surface area contributed by atoms with Crippen molar-refractivity contribution in [2.24, 2.45) is 0 Å². The van der Waals surface area contributed by atoms with Crippen LogP contribution in [0.2, 0.25) is 5.02 Å². The molecule has 1 aromatic carbocycles. The van der Waals surface area contributed by atoms with Crippen molar-refractivity contribution in [3.05, 3.63) is 49.3 Å². The topological polar surface area (TPSA) is 29.1 Å². The van der Waals surface area contributed by atoms with Gasteiger partial charge in [-0.15, -0.1) is 11.3 Å². The molecule has 0 radical (unpaired) electrons. The normalized spacial score (nSPS) is 10.4. The van der Waals surface area contributed by atoms with Gasteiger partial charge in [-0.25, -0.2) is 4.39 Å². The molecule has 0 aliphatic heterocycles. The van der Waals surface area contributed by atoms with Crippen LogP contribution >= 0.6 is 38.9 Å². The average Bonchev–Trinajstić information content (AvgIpc) is 2.64. The summed E-state index contributed by atoms with van der Waals surface area (Å²) in [4.78, 5) is 12.4. The molecule has 6 heteroatoms. The summed E-state index contributed by atoms with van der Waals surface area (Å²) in [6.07, 6.45) is 0. The molecular formula is C12H8BrClFNOS. The third-order valence-electron chi connectivity index (χ3n) is 2.26. The lowest BCUT2D eigenvalue weighted by Gasteiger charge is -2.05. The van der Waals surface area contributed by atoms with Gasteiger partial charge in [0.25, 0.3) is 5.91 Å². The van der Waals surface area contributed by atoms with Crippen molar-refractivity contribution in [3.63, 3.8) is 0 Å². The highest BCUT2D eigenvalue weighted by molar-refractivity contribution is 9.11. The maximum absolute atomic E-state index is 13.5. The van der Waals surface area contributed by atoms with Crippen LogP contribution in [0.4, 0.5) is 10.1 Å². The maximum Gasteiger partial charge on any atom is 0.265 e. The van der Waals surface area contributed by atoms with E-state index in [9.17, 15) is 9.18 Å². The van der Waals surface area contributed by atoms with Gasteiger partial charge in [0.15, 0.2) is 0 Å². The van der Waals surface area contributed by atoms with Gasteiger partial charge in [0, 0.05) is 5.02 Å². The molecule has 0 unspecified atom stereocenters. The SMILES string of the molecule is Cc1cc(C(=O)Nc2cc(Cl)ccc2F)sc1Br. The number of rotatable bonds is 2. The molecule has 94 valence electrons. The second-order valence-electron chi connectivity index (χ2n) is 3.65. The van der Waals surface area contributed by atoms with Gasteiger partial charge in [-0.1, -0.05) is 11.6 Å². The third-order valence-corrected chi connectivity index (χ3v) is 4.63. The smallest absolute Gasteiger partial charge is 0.265 e. The zero-order chi connectivity index (χ0) is 13.3. The van der Waals surface area contributed by atoms with Gasteiger partial charge in [0.2, 0.25) is 0 Å². The minimum absolute atomic E-state index is 0.0784. The summed E-state index contributed by atoms with van der Waals surface area (Å²) in [5, 5.41) is 2.87. The largest absolute Gasteiger partial charge is 0.319 e. The average molecular weight is 349 g/mol. The lowest BCUT2D eigenvalue weighted by Crippen LogP contribution is -2.11. The number of amides is 1. The van der Waals surface area contributed by atoms with Crippen LogP contribution in [0.3, 0.4) is 0 Å². The van der Waals surface area contributed by atoms with Crippen LogP contribution in [0.25, 0.3) is 0 Å². The van der Waals surface area contributed by atoms with Gasteiger partial charge in [-0.05, 0) is 52.7 Å². The van der Waals surface area contributed by atoms with Gasteiger partial charge in [0.1, 0.15) is 5.82 Å². The monoisotopic (exact) mass is 347 g/mol. The Bertz CT molecular complexity index is 595. The number of halogens is 3. The van der Waals surface area contributed by atoms with Crippen LogP contribution in [0.5, 0.6) is 0 Å². The van der Waals surface area contributed by atoms with Crippen molar-refractivity contribution in [2.45, 2.75) is 6.92 Å². The molecule has 0 fully saturated rings. The molecule has 0 saturated carbocycles. The second kappa shape index (κ2) is 5.38. The molecule has 18 heavy (non-hydrogen) atoms. The van der Waals surface area contributed by atoms with Crippen molar-refractivity contribution >= 4 is 50.5 Å². The molecule has 1 aromatic heterocycles. The summed E-state index contributed by atoms with van der Waals surface area (Å²) in [5.41, 5.74) is 1.05. The molecule has 0 spiro atoms. The van der Waals surface area contributed by atoms with E-state index in [4.69, 9.17) is 11.6 Å². The van der Waals surface area contributed by atoms with Crippen molar-refractivity contribution in [2.75, 3.05) is 5.32 Å². The molecule has 0 atom stereocenters. The molecule has 1 N–H and O–H groups in total. The van der Waals surface area contributed by atoms with Crippen molar-refractivity contribution < 1.29 is 9.18 Å². The molecule has 0 bridgehead atoms. The van der Waals surface area contributed by atoms with Crippen LogP contribution in [0, 0.1) is 12.7 Å². The lowest BCUT2D eigenvalue weighted by molar-refractivity contribution is 0.103. The highest BCUT2D eigenvalue weighted by atomic mass is 79.9. The molecule has 0 aliphatic carbocycles. The Balaban J connectivity index is 2.23. The zero-order valence-electron chi connectivity index (χ0n) is 9.26. The fraction of sp³-hybridized carbons (Fsp3) is 0.0833. The lowest BCUT2D eigenvalue weighted by atomic mass is 10.3. The molecule has 2 aromatic rings. The first-order valence-corrected chi connectivity index (χ1v) is 6.98. The standard InChI is InChI=1S/C12H8BrClFNOS/c1-6-4-10(18-11(6)13)12(17)16-9-5-7(14)2-3-8(9)15/h2-5H,1H3,(H,16,17). The summed E-state index contributed by atoms with van der Waals surface area (Å²) in [5.74, 6) is -0.866. The van der Waals surface area contributed by atoms with E-state index in [0.717, 1.165) is 9.35 Å². The predicted molar refractivity (Wildman–Crippen MR) is 76.1 cm³/mol. The number of carbonyl (C=O) groups is 1. The number of benzene rings is 1. The Morgan fingerprint density at radius 3 is 2.78 bits per heavy atom. The maximum atomic E-state index is 13.5. The van der Waals surface area contributed by atoms with Gasteiger partial charge in [0.05, 0.1) is 14.4 Å². The Morgan fingerprint density at radius 1 is 1.44 bits per heavy atom. The van der Waals surface area contributed by atoms with E-state index in [1.165, 1.54) is 29.5 Å². The minimum atomic E-state index is -0.514. The fourth-order valence-corrected chi connectivity index (χ4v) is 2.95. The number of carbonyl (C=O) groups excluding carboxylic acids is 1. The number of hydrogen-bond acceptors (Lipinski definition) is 2. The van der Waals surface area contributed by atoms with E-state index in [-0.39, 0.29) is 11.6 Å². The zero-order valence-corrected chi connectivity index (χ0v) is 12.4. The third kappa shape index (κ3) is 2.91. The second-order valence-corrected chi connectivity index (χ2v) is 6.45. The Labute approximate surface area is 121 Å². The van der Waals surface area contributed by atoms with E-state index >= 15 is 0 Å². The van der Waals surface area contributed by atoms with Crippen LogP contribution in [-0.2, 0) is 0 Å². The Morgan fingerprint density at radius 2 is 2.17 bits per heavy atom. The van der Waals surface area contributed by atoms with E-state index in [1.54, 1.807) is 6.07 Å². The molecule has 1 amide bonds. The van der Waals surface area contributed by atoms with Crippen LogP contribution in [0.15, 0.2) is 28.1 Å². The molecular weight excluding hydrogens is 341 g/mol. The van der Waals surface area contributed by atoms with Gasteiger partial charge < -0.3 is 5.32 Å². The summed E-state index contributed by atoms with van der Waals surface area (Å²) in [7, 11) is 0. The van der Waals surface area contributed by atoms with E-state index < -0.39 is 5.82 Å². The Kier molecular flexibility index (Phi) is 4.04. The van der Waals surface area contributed by atoms with E-state index in [1.807, 2.05) is 6.92 Å². The summed E-state index contributed by atoms with van der Waals surface area (Å²) >= 11 is 10.4. The fourth-order valence-electron chi connectivity index (χ4n) is 1.35. The predicted octanol–water partition coefficient (Wildman–Crippen LogP) is 4.86. The number of aryl methyl sites for hydroxylation is 1. The van der Waals surface area contributed by atoms with E-state index in [2.05, 4.69) is 21.2 Å². The summed E-state index contributed by atoms with van der Waals surface area (Å²) in [6, 6.07) is 5.77. The first-order chi connectivity index (χ1) is 8.47. The Hall–Kier alpha value is -0.910. The molecule has 1 heterocycles. The highest BCUT2D eigenvalue weighted by Gasteiger charge is 2.13. The first-order valence-electron chi connectivity index (χ1n) is 4.99. The number of hydrogen-bond donors (Lipinski definition) is 1. The van der Waals surface area contributed by atoms with Crippen molar-refractivity contribution in [3.8, 4) is 0 Å². The van der Waals surface area contributed by atoms with Crippen LogP contribution in [-0.4, -0.2) is 5.91 Å². The first kappa shape index (κ1) is 13.5. The minimum Gasteiger partial charge on any atom is -0.319 e. The quantitative estimate of drug-likeness (QED) is 0.824. The number of nitrogens with one attached hydrogen (secondary N) is 1. The number of anilines is 1. The van der Waals surface area contributed by atoms with Crippen molar-refractivity contribution in [1.82, 2.24) is 0 Å². The van der Waals surface area contributed by atoms with Crippen molar-refractivity contribution in [1.29, 1.82) is 0 Å². The molecule has 2 rings (SSSR count). The summed E-state index contributed by atoms with van der Waals surface area (Å²) < 4.78 is 14.3. The molecule has 0 saturated heterocycles. The number of thiophene rings is 1. The van der Waals surface area contributed by atoms with E-state index in [0.29, 0.717) is 9.90 Å². The molecule has 0 aliphatic rings. The van der Waals surface area contributed by atoms with Gasteiger partial charge in [-0.3, -0.25) is 4.79 Å². The highest BCUT2D eigenvalue weighted by Crippen LogP contribution is 2.28. The summed E-state index contributed by atoms with van der Waals surface area (Å²) in [6.45, 7) is 1.89. The van der Waals surface area contributed by atoms with Crippen LogP contribution < -0.4 is 5.32 Å². The van der Waals surface area contributed by atoms with Gasteiger partial charge in [-0.2, -0.15) is 0 Å². The van der Waals surface area contributed by atoms with Crippen LogP contribution in [0.1, 0.15) is 15.2 Å². The molecule has 2 nitrogen and oxygen atoms in total.